The van der Waals surface area contributed by atoms with Gasteiger partial charge in [0.25, 0.3) is 0 Å². The maximum atomic E-state index is 6.31. The molecule has 1 atom stereocenters. The lowest BCUT2D eigenvalue weighted by Crippen LogP contribution is -2.40. The molecule has 0 aliphatic carbocycles. The van der Waals surface area contributed by atoms with Crippen LogP contribution in [0.4, 0.5) is 0 Å². The van der Waals surface area contributed by atoms with Crippen molar-refractivity contribution in [1.29, 1.82) is 0 Å². The summed E-state index contributed by atoms with van der Waals surface area (Å²) in [5, 5.41) is 0. The number of hydrogen-bond donors (Lipinski definition) is 1. The van der Waals surface area contributed by atoms with Gasteiger partial charge in [-0.1, -0.05) is 44.2 Å². The van der Waals surface area contributed by atoms with Crippen molar-refractivity contribution in [3.05, 3.63) is 35.9 Å². The van der Waals surface area contributed by atoms with E-state index in [2.05, 4.69) is 60.8 Å². The van der Waals surface area contributed by atoms with Gasteiger partial charge < -0.3 is 10.6 Å². The van der Waals surface area contributed by atoms with Crippen molar-refractivity contribution in [3.8, 4) is 0 Å². The second-order valence-electron chi connectivity index (χ2n) is 6.11. The van der Waals surface area contributed by atoms with Crippen molar-refractivity contribution in [2.24, 2.45) is 5.73 Å². The number of nitrogens with zero attached hydrogens (tertiary/aromatic N) is 1. The smallest absolute Gasteiger partial charge is 0.0208 e. The average molecular weight is 278 g/mol. The second-order valence-corrected chi connectivity index (χ2v) is 7.91. The summed E-state index contributed by atoms with van der Waals surface area (Å²) in [7, 11) is 0. The summed E-state index contributed by atoms with van der Waals surface area (Å²) in [4.78, 5) is 2.54. The van der Waals surface area contributed by atoms with Gasteiger partial charge in [-0.2, -0.15) is 11.8 Å². The van der Waals surface area contributed by atoms with E-state index in [9.17, 15) is 0 Å². The molecule has 0 radical (unpaired) electrons. The van der Waals surface area contributed by atoms with Crippen molar-refractivity contribution in [2.45, 2.75) is 37.5 Å². The predicted octanol–water partition coefficient (Wildman–Crippen LogP) is 2.77. The summed E-state index contributed by atoms with van der Waals surface area (Å²) in [6, 6.07) is 10.8. The van der Waals surface area contributed by atoms with Crippen LogP contribution < -0.4 is 5.73 Å². The third kappa shape index (κ3) is 5.17. The van der Waals surface area contributed by atoms with Gasteiger partial charge in [-0.15, -0.1) is 0 Å². The molecule has 3 heteroatoms. The molecule has 106 valence electrons. The molecule has 1 unspecified atom stereocenters. The molecule has 1 aliphatic heterocycles. The molecule has 1 aliphatic rings. The van der Waals surface area contributed by atoms with E-state index in [-0.39, 0.29) is 6.04 Å². The molecule has 0 saturated carbocycles. The fourth-order valence-electron chi connectivity index (χ4n) is 2.56. The van der Waals surface area contributed by atoms with Crippen LogP contribution in [0.3, 0.4) is 0 Å². The van der Waals surface area contributed by atoms with E-state index in [1.807, 2.05) is 0 Å². The Morgan fingerprint density at radius 2 is 2.00 bits per heavy atom. The van der Waals surface area contributed by atoms with Crippen LogP contribution in [-0.2, 0) is 6.42 Å². The highest BCUT2D eigenvalue weighted by atomic mass is 32.2. The fourth-order valence-corrected chi connectivity index (χ4v) is 3.70. The summed E-state index contributed by atoms with van der Waals surface area (Å²) in [5.41, 5.74) is 7.65. The van der Waals surface area contributed by atoms with Gasteiger partial charge in [-0.3, -0.25) is 0 Å². The van der Waals surface area contributed by atoms with E-state index in [1.165, 1.54) is 30.8 Å². The summed E-state index contributed by atoms with van der Waals surface area (Å²) >= 11 is 2.09. The van der Waals surface area contributed by atoms with Crippen LogP contribution in [0.2, 0.25) is 0 Å². The first-order chi connectivity index (χ1) is 9.05. The average Bonchev–Trinajstić information content (AvgIpc) is 2.52. The van der Waals surface area contributed by atoms with Gasteiger partial charge in [0.05, 0.1) is 0 Å². The lowest BCUT2D eigenvalue weighted by Gasteiger charge is -2.25. The first kappa shape index (κ1) is 14.9. The summed E-state index contributed by atoms with van der Waals surface area (Å²) < 4.78 is 0.429. The molecule has 2 nitrogen and oxygen atoms in total. The van der Waals surface area contributed by atoms with Gasteiger partial charge in [0, 0.05) is 29.6 Å². The number of benzene rings is 1. The third-order valence-corrected chi connectivity index (χ3v) is 5.14. The van der Waals surface area contributed by atoms with Crippen molar-refractivity contribution in [1.82, 2.24) is 4.90 Å². The van der Waals surface area contributed by atoms with Crippen molar-refractivity contribution in [2.75, 3.05) is 25.4 Å². The molecule has 1 aromatic carbocycles. The van der Waals surface area contributed by atoms with Gasteiger partial charge >= 0.3 is 0 Å². The normalized spacial score (nSPS) is 21.8. The minimum atomic E-state index is 0.244. The Kier molecular flexibility index (Phi) is 5.31. The monoisotopic (exact) mass is 278 g/mol. The van der Waals surface area contributed by atoms with E-state index in [0.29, 0.717) is 4.75 Å². The number of rotatable bonds is 4. The maximum Gasteiger partial charge on any atom is 0.0208 e. The molecule has 0 amide bonds. The zero-order chi connectivity index (χ0) is 13.7. The minimum Gasteiger partial charge on any atom is -0.326 e. The number of nitrogens with two attached hydrogens (primary N) is 1. The Morgan fingerprint density at radius 1 is 1.26 bits per heavy atom. The van der Waals surface area contributed by atoms with Gasteiger partial charge in [-0.25, -0.2) is 0 Å². The fraction of sp³-hybridized carbons (Fsp3) is 0.625. The Balaban J connectivity index is 1.80. The van der Waals surface area contributed by atoms with Crippen molar-refractivity contribution in [3.63, 3.8) is 0 Å². The Hall–Kier alpha value is -0.510. The van der Waals surface area contributed by atoms with Gasteiger partial charge in [0.1, 0.15) is 0 Å². The summed E-state index contributed by atoms with van der Waals surface area (Å²) in [5.74, 6) is 1.23. The van der Waals surface area contributed by atoms with Crippen LogP contribution in [-0.4, -0.2) is 41.1 Å². The lowest BCUT2D eigenvalue weighted by atomic mass is 10.1. The van der Waals surface area contributed by atoms with Crippen molar-refractivity contribution >= 4 is 11.8 Å². The first-order valence-electron chi connectivity index (χ1n) is 7.21. The molecular weight excluding hydrogens is 252 g/mol. The molecule has 19 heavy (non-hydrogen) atoms. The molecule has 1 fully saturated rings. The van der Waals surface area contributed by atoms with Crippen LogP contribution >= 0.6 is 11.8 Å². The number of thioether (sulfide) groups is 1. The molecule has 1 heterocycles. The summed E-state index contributed by atoms with van der Waals surface area (Å²) in [6.07, 6.45) is 2.24. The largest absolute Gasteiger partial charge is 0.326 e. The van der Waals surface area contributed by atoms with Gasteiger partial charge in [-0.05, 0) is 24.9 Å². The van der Waals surface area contributed by atoms with E-state index >= 15 is 0 Å². The maximum absolute atomic E-state index is 6.31. The number of hydrogen-bond acceptors (Lipinski definition) is 3. The zero-order valence-corrected chi connectivity index (χ0v) is 13.0. The molecule has 1 saturated heterocycles. The molecule has 1 aromatic rings. The lowest BCUT2D eigenvalue weighted by molar-refractivity contribution is 0.265. The van der Waals surface area contributed by atoms with Crippen LogP contribution in [0.1, 0.15) is 25.8 Å². The quantitative estimate of drug-likeness (QED) is 0.918. The first-order valence-corrected chi connectivity index (χ1v) is 8.19. The van der Waals surface area contributed by atoms with E-state index in [4.69, 9.17) is 5.73 Å². The Labute approximate surface area is 121 Å². The molecule has 0 aromatic heterocycles. The van der Waals surface area contributed by atoms with Gasteiger partial charge in [0.15, 0.2) is 0 Å². The topological polar surface area (TPSA) is 29.3 Å². The van der Waals surface area contributed by atoms with E-state index in [0.717, 1.165) is 13.0 Å². The second kappa shape index (κ2) is 6.78. The molecule has 2 rings (SSSR count). The highest BCUT2D eigenvalue weighted by molar-refractivity contribution is 8.00. The molecule has 0 spiro atoms. The van der Waals surface area contributed by atoms with E-state index < -0.39 is 0 Å². The van der Waals surface area contributed by atoms with Crippen LogP contribution in [0.25, 0.3) is 0 Å². The third-order valence-electron chi connectivity index (χ3n) is 3.76. The molecule has 0 bridgehead atoms. The zero-order valence-electron chi connectivity index (χ0n) is 12.1. The minimum absolute atomic E-state index is 0.244. The molecular formula is C16H26N2S. The standard InChI is InChI=1S/C16H26N2S/c1-16(2)8-9-18(10-11-19-16)13-15(17)12-14-6-4-3-5-7-14/h3-7,15H,8-13,17H2,1-2H3. The van der Waals surface area contributed by atoms with Crippen LogP contribution in [0.15, 0.2) is 30.3 Å². The highest BCUT2D eigenvalue weighted by Gasteiger charge is 2.24. The van der Waals surface area contributed by atoms with Crippen LogP contribution in [0.5, 0.6) is 0 Å². The Bertz CT molecular complexity index is 378. The predicted molar refractivity (Wildman–Crippen MR) is 85.7 cm³/mol. The summed E-state index contributed by atoms with van der Waals surface area (Å²) in [6.45, 7) is 8.08. The molecule has 2 N–H and O–H groups in total. The Morgan fingerprint density at radius 3 is 2.74 bits per heavy atom. The van der Waals surface area contributed by atoms with Crippen molar-refractivity contribution < 1.29 is 0 Å². The highest BCUT2D eigenvalue weighted by Crippen LogP contribution is 2.30. The van der Waals surface area contributed by atoms with E-state index in [1.54, 1.807) is 0 Å². The van der Waals surface area contributed by atoms with Gasteiger partial charge in [0.2, 0.25) is 0 Å². The van der Waals surface area contributed by atoms with Crippen LogP contribution in [0, 0.1) is 0 Å². The SMILES string of the molecule is CC1(C)CCN(CC(N)Cc2ccccc2)CCS1.